The van der Waals surface area contributed by atoms with Crippen molar-refractivity contribution >= 4 is 35.3 Å². The van der Waals surface area contributed by atoms with Gasteiger partial charge in [-0.15, -0.1) is 11.3 Å². The molecule has 0 saturated carbocycles. The minimum absolute atomic E-state index is 0.0339. The molecule has 0 saturated heterocycles. The normalized spacial score (nSPS) is 10.7. The van der Waals surface area contributed by atoms with Gasteiger partial charge in [-0.1, -0.05) is 0 Å². The van der Waals surface area contributed by atoms with E-state index in [1.807, 2.05) is 11.4 Å². The Bertz CT molecular complexity index is 597. The van der Waals surface area contributed by atoms with Gasteiger partial charge in [0.15, 0.2) is 12.1 Å². The van der Waals surface area contributed by atoms with Gasteiger partial charge in [0.05, 0.1) is 10.6 Å². The highest BCUT2D eigenvalue weighted by Crippen LogP contribution is 2.16. The first kappa shape index (κ1) is 12.4. The number of carbonyl (C=O) groups is 2. The summed E-state index contributed by atoms with van der Waals surface area (Å²) in [4.78, 5) is 26.8. The first-order valence-electron chi connectivity index (χ1n) is 5.38. The summed E-state index contributed by atoms with van der Waals surface area (Å²) < 4.78 is 0. The first-order chi connectivity index (χ1) is 8.70. The molecule has 1 heterocycles. The van der Waals surface area contributed by atoms with Crippen molar-refractivity contribution in [3.63, 3.8) is 0 Å². The second-order valence-corrected chi connectivity index (χ2v) is 4.67. The predicted molar refractivity (Wildman–Crippen MR) is 73.4 cm³/mol. The highest BCUT2D eigenvalue weighted by molar-refractivity contribution is 7.12. The highest BCUT2D eigenvalue weighted by Gasteiger charge is 2.00. The molecule has 0 amide bonds. The van der Waals surface area contributed by atoms with E-state index < -0.39 is 0 Å². The van der Waals surface area contributed by atoms with Crippen LogP contribution in [0.1, 0.15) is 32.5 Å². The Balaban J connectivity index is 2.19. The maximum Gasteiger partial charge on any atom is 0.160 e. The zero-order chi connectivity index (χ0) is 13.0. The molecule has 0 N–H and O–H groups in total. The molecule has 0 aliphatic heterocycles. The smallest absolute Gasteiger partial charge is 0.160 e. The van der Waals surface area contributed by atoms with Gasteiger partial charge in [-0.25, -0.2) is 0 Å². The van der Waals surface area contributed by atoms with Crippen LogP contribution >= 0.6 is 11.3 Å². The number of hydrogen-bond donors (Lipinski definition) is 0. The maximum absolute atomic E-state index is 11.1. The fourth-order valence-corrected chi connectivity index (χ4v) is 2.13. The Morgan fingerprint density at radius 3 is 2.56 bits per heavy atom. The number of hydrogen-bond acceptors (Lipinski definition) is 4. The highest BCUT2D eigenvalue weighted by atomic mass is 32.1. The average molecular weight is 257 g/mol. The third-order valence-electron chi connectivity index (χ3n) is 2.46. The van der Waals surface area contributed by atoms with Crippen LogP contribution in [0, 0.1) is 0 Å². The maximum atomic E-state index is 11.1. The summed E-state index contributed by atoms with van der Waals surface area (Å²) in [6, 6.07) is 8.88. The van der Waals surface area contributed by atoms with Gasteiger partial charge in [-0.05, 0) is 42.6 Å². The Hall–Kier alpha value is -2.07. The summed E-state index contributed by atoms with van der Waals surface area (Å²) in [5.74, 6) is 0.0339. The van der Waals surface area contributed by atoms with Crippen LogP contribution in [-0.2, 0) is 0 Å². The molecule has 0 atom stereocenters. The lowest BCUT2D eigenvalue weighted by Gasteiger charge is -1.96. The molecule has 0 bridgehead atoms. The molecule has 0 aliphatic carbocycles. The van der Waals surface area contributed by atoms with Gasteiger partial charge < -0.3 is 0 Å². The molecule has 0 unspecified atom stereocenters. The molecule has 18 heavy (non-hydrogen) atoms. The molecule has 4 heteroatoms. The second kappa shape index (κ2) is 5.51. The molecule has 0 radical (unpaired) electrons. The van der Waals surface area contributed by atoms with E-state index in [1.165, 1.54) is 18.3 Å². The topological polar surface area (TPSA) is 46.5 Å². The van der Waals surface area contributed by atoms with Gasteiger partial charge in [-0.2, -0.15) is 0 Å². The van der Waals surface area contributed by atoms with Crippen molar-refractivity contribution in [1.29, 1.82) is 0 Å². The SMILES string of the molecule is CC(=O)c1ccc(N=Cc2ccsc2C=O)cc1. The summed E-state index contributed by atoms with van der Waals surface area (Å²) in [6.45, 7) is 1.53. The van der Waals surface area contributed by atoms with Crippen molar-refractivity contribution in [3.05, 3.63) is 51.7 Å². The number of nitrogens with zero attached hydrogens (tertiary/aromatic N) is 1. The van der Waals surface area contributed by atoms with E-state index in [-0.39, 0.29) is 5.78 Å². The van der Waals surface area contributed by atoms with Gasteiger partial charge in [-0.3, -0.25) is 14.6 Å². The van der Waals surface area contributed by atoms with Crippen LogP contribution in [-0.4, -0.2) is 18.3 Å². The standard InChI is InChI=1S/C14H11NO2S/c1-10(17)11-2-4-13(5-3-11)15-8-12-6-7-18-14(12)9-16/h2-9H,1H3. The summed E-state index contributed by atoms with van der Waals surface area (Å²) in [5.41, 5.74) is 2.23. The molecule has 0 aliphatic rings. The summed E-state index contributed by atoms with van der Waals surface area (Å²) in [6.07, 6.45) is 2.48. The van der Waals surface area contributed by atoms with E-state index >= 15 is 0 Å². The van der Waals surface area contributed by atoms with Crippen molar-refractivity contribution in [2.75, 3.05) is 0 Å². The molecule has 2 aromatic rings. The largest absolute Gasteiger partial charge is 0.297 e. The number of thiophene rings is 1. The molecule has 1 aromatic carbocycles. The van der Waals surface area contributed by atoms with Gasteiger partial charge in [0.1, 0.15) is 0 Å². The summed E-state index contributed by atoms with van der Waals surface area (Å²) in [5, 5.41) is 1.85. The fraction of sp³-hybridized carbons (Fsp3) is 0.0714. The van der Waals surface area contributed by atoms with Crippen LogP contribution in [0.15, 0.2) is 40.7 Å². The van der Waals surface area contributed by atoms with E-state index in [4.69, 9.17) is 0 Å². The van der Waals surface area contributed by atoms with Crippen LogP contribution in [0.5, 0.6) is 0 Å². The second-order valence-electron chi connectivity index (χ2n) is 3.72. The van der Waals surface area contributed by atoms with Crippen LogP contribution in [0.2, 0.25) is 0 Å². The number of aldehydes is 1. The molecule has 0 spiro atoms. The predicted octanol–water partition coefficient (Wildman–Crippen LogP) is 3.51. The van der Waals surface area contributed by atoms with E-state index in [1.54, 1.807) is 30.5 Å². The molecule has 3 nitrogen and oxygen atoms in total. The van der Waals surface area contributed by atoms with E-state index in [0.29, 0.717) is 10.4 Å². The molecule has 0 fully saturated rings. The van der Waals surface area contributed by atoms with Crippen molar-refractivity contribution in [2.24, 2.45) is 4.99 Å². The third-order valence-corrected chi connectivity index (χ3v) is 3.32. The number of benzene rings is 1. The van der Waals surface area contributed by atoms with Crippen molar-refractivity contribution < 1.29 is 9.59 Å². The van der Waals surface area contributed by atoms with Crippen LogP contribution in [0.4, 0.5) is 5.69 Å². The molecule has 1 aromatic heterocycles. The molecular formula is C14H11NO2S. The quantitative estimate of drug-likeness (QED) is 0.478. The van der Waals surface area contributed by atoms with Gasteiger partial charge in [0.25, 0.3) is 0 Å². The van der Waals surface area contributed by atoms with Crippen molar-refractivity contribution in [3.8, 4) is 0 Å². The third kappa shape index (κ3) is 2.78. The molecule has 2 rings (SSSR count). The zero-order valence-corrected chi connectivity index (χ0v) is 10.6. The Kier molecular flexibility index (Phi) is 3.79. The van der Waals surface area contributed by atoms with E-state index in [9.17, 15) is 9.59 Å². The van der Waals surface area contributed by atoms with Crippen LogP contribution < -0.4 is 0 Å². The first-order valence-corrected chi connectivity index (χ1v) is 6.26. The van der Waals surface area contributed by atoms with Crippen LogP contribution in [0.25, 0.3) is 0 Å². The summed E-state index contributed by atoms with van der Waals surface area (Å²) >= 11 is 1.39. The average Bonchev–Trinajstić information content (AvgIpc) is 2.84. The lowest BCUT2D eigenvalue weighted by molar-refractivity contribution is 0.101. The van der Waals surface area contributed by atoms with Gasteiger partial charge >= 0.3 is 0 Å². The lowest BCUT2D eigenvalue weighted by atomic mass is 10.1. The van der Waals surface area contributed by atoms with Gasteiger partial charge in [0, 0.05) is 17.3 Å². The zero-order valence-electron chi connectivity index (χ0n) is 9.79. The fourth-order valence-electron chi connectivity index (χ4n) is 1.46. The number of ketones is 1. The Morgan fingerprint density at radius 1 is 1.22 bits per heavy atom. The minimum Gasteiger partial charge on any atom is -0.297 e. The van der Waals surface area contributed by atoms with Crippen molar-refractivity contribution in [1.82, 2.24) is 0 Å². The lowest BCUT2D eigenvalue weighted by Crippen LogP contribution is -1.89. The molecular weight excluding hydrogens is 246 g/mol. The number of Topliss-reactive ketones (excluding diaryl/α,β-unsaturated/α-hetero) is 1. The van der Waals surface area contributed by atoms with E-state index in [0.717, 1.165) is 17.5 Å². The van der Waals surface area contributed by atoms with Crippen molar-refractivity contribution in [2.45, 2.75) is 6.92 Å². The monoisotopic (exact) mass is 257 g/mol. The van der Waals surface area contributed by atoms with Crippen LogP contribution in [0.3, 0.4) is 0 Å². The Morgan fingerprint density at radius 2 is 1.94 bits per heavy atom. The van der Waals surface area contributed by atoms with E-state index in [2.05, 4.69) is 4.99 Å². The summed E-state index contributed by atoms with van der Waals surface area (Å²) in [7, 11) is 0. The number of rotatable bonds is 4. The number of carbonyl (C=O) groups excluding carboxylic acids is 2. The van der Waals surface area contributed by atoms with Gasteiger partial charge in [0.2, 0.25) is 0 Å². The Labute approximate surface area is 109 Å². The molecule has 90 valence electrons. The minimum atomic E-state index is 0.0339. The number of aliphatic imine (C=N–C) groups is 1.